The van der Waals surface area contributed by atoms with Crippen LogP contribution in [0.3, 0.4) is 0 Å². The summed E-state index contributed by atoms with van der Waals surface area (Å²) in [6, 6.07) is 15.2. The fraction of sp³-hybridized carbons (Fsp3) is 0.194. The van der Waals surface area contributed by atoms with E-state index in [0.29, 0.717) is 10.7 Å². The van der Waals surface area contributed by atoms with Gasteiger partial charge in [-0.15, -0.1) is 11.8 Å². The van der Waals surface area contributed by atoms with Crippen molar-refractivity contribution in [2.45, 2.75) is 35.8 Å². The van der Waals surface area contributed by atoms with Gasteiger partial charge >= 0.3 is 12.1 Å². The second-order valence-electron chi connectivity index (χ2n) is 10.2. The Morgan fingerprint density at radius 3 is 2.30 bits per heavy atom. The van der Waals surface area contributed by atoms with Crippen LogP contribution in [0.15, 0.2) is 88.7 Å². The smallest absolute Gasteiger partial charge is 0.408 e. The Bertz CT molecular complexity index is 1790. The van der Waals surface area contributed by atoms with Crippen LogP contribution in [0.25, 0.3) is 0 Å². The normalized spacial score (nSPS) is 16.9. The molecule has 0 spiro atoms. The molecule has 226 valence electrons. The SMILES string of the molecule is C[C@@H](N1CN(C2c3ccccc3CSc3ccccc32)n2ccc(=O)c(OC(=O)c3c(F)cccc3F)c2C1=O)C(F)(F)F. The lowest BCUT2D eigenvalue weighted by Gasteiger charge is -2.46. The highest BCUT2D eigenvalue weighted by Gasteiger charge is 2.48. The van der Waals surface area contributed by atoms with Crippen molar-refractivity contribution >= 4 is 23.6 Å². The van der Waals surface area contributed by atoms with Crippen LogP contribution in [0.5, 0.6) is 5.75 Å². The zero-order valence-corrected chi connectivity index (χ0v) is 23.7. The highest BCUT2D eigenvalue weighted by Crippen LogP contribution is 2.43. The van der Waals surface area contributed by atoms with Crippen molar-refractivity contribution in [2.75, 3.05) is 11.7 Å². The van der Waals surface area contributed by atoms with Crippen LogP contribution in [0.2, 0.25) is 0 Å². The number of ether oxygens (including phenoxy) is 1. The Balaban J connectivity index is 1.58. The standard InChI is InChI=1S/C31H22F5N3O4S/c1-17(31(34,35)36)37-16-39(26-19-8-3-2-7-18(19)15-44-24-12-5-4-9-20(24)26)38-14-13-23(40)28(27(38)29(37)41)43-30(42)25-21(32)10-6-11-22(25)33/h2-14,17,26H,15-16H2,1H3/t17-,26?/m1/s1. The van der Waals surface area contributed by atoms with Gasteiger partial charge in [0, 0.05) is 22.9 Å². The Kier molecular flexibility index (Phi) is 7.44. The van der Waals surface area contributed by atoms with Gasteiger partial charge in [-0.1, -0.05) is 48.5 Å². The molecular formula is C31H22F5N3O4S. The molecule has 0 saturated heterocycles. The number of hydrogen-bond donors (Lipinski definition) is 0. The van der Waals surface area contributed by atoms with Crippen molar-refractivity contribution in [1.82, 2.24) is 9.58 Å². The van der Waals surface area contributed by atoms with Crippen molar-refractivity contribution in [2.24, 2.45) is 0 Å². The topological polar surface area (TPSA) is 71.8 Å². The van der Waals surface area contributed by atoms with Crippen LogP contribution < -0.4 is 15.2 Å². The van der Waals surface area contributed by atoms with Gasteiger partial charge in [0.2, 0.25) is 11.2 Å². The minimum Gasteiger partial charge on any atom is -0.416 e. The fourth-order valence-electron chi connectivity index (χ4n) is 5.37. The first-order valence-electron chi connectivity index (χ1n) is 13.3. The summed E-state index contributed by atoms with van der Waals surface area (Å²) in [5.74, 6) is -5.86. The van der Waals surface area contributed by atoms with E-state index in [0.717, 1.165) is 52.8 Å². The van der Waals surface area contributed by atoms with Crippen molar-refractivity contribution in [3.8, 4) is 5.75 Å². The maximum atomic E-state index is 14.4. The molecule has 2 atom stereocenters. The molecule has 7 nitrogen and oxygen atoms in total. The second-order valence-corrected chi connectivity index (χ2v) is 11.2. The summed E-state index contributed by atoms with van der Waals surface area (Å²) in [5.41, 5.74) is -0.497. The monoisotopic (exact) mass is 627 g/mol. The number of nitrogens with zero attached hydrogens (tertiary/aromatic N) is 3. The van der Waals surface area contributed by atoms with Gasteiger partial charge in [-0.3, -0.25) is 19.3 Å². The molecule has 0 fully saturated rings. The summed E-state index contributed by atoms with van der Waals surface area (Å²) in [7, 11) is 0. The average Bonchev–Trinajstić information content (AvgIpc) is 3.15. The molecule has 2 aliphatic heterocycles. The van der Waals surface area contributed by atoms with Crippen LogP contribution in [0.4, 0.5) is 22.0 Å². The van der Waals surface area contributed by atoms with Crippen LogP contribution in [-0.2, 0) is 5.75 Å². The third-order valence-electron chi connectivity index (χ3n) is 7.62. The molecule has 0 radical (unpaired) electrons. The lowest BCUT2D eigenvalue weighted by molar-refractivity contribution is -0.173. The van der Waals surface area contributed by atoms with E-state index in [4.69, 9.17) is 4.74 Å². The number of thioether (sulfide) groups is 1. The summed E-state index contributed by atoms with van der Waals surface area (Å²) in [6.45, 7) is 0.237. The summed E-state index contributed by atoms with van der Waals surface area (Å²) in [4.78, 5) is 41.2. The van der Waals surface area contributed by atoms with E-state index in [-0.39, 0.29) is 0 Å². The third-order valence-corrected chi connectivity index (χ3v) is 8.76. The number of pyridine rings is 1. The largest absolute Gasteiger partial charge is 0.416 e. The molecule has 1 unspecified atom stereocenters. The molecule has 3 aromatic carbocycles. The number of carbonyl (C=O) groups excluding carboxylic acids is 2. The molecule has 1 aromatic heterocycles. The molecule has 4 aromatic rings. The summed E-state index contributed by atoms with van der Waals surface area (Å²) in [6.07, 6.45) is -3.66. The van der Waals surface area contributed by atoms with Gasteiger partial charge in [-0.05, 0) is 41.8 Å². The predicted molar refractivity (Wildman–Crippen MR) is 151 cm³/mol. The van der Waals surface area contributed by atoms with Gasteiger partial charge in [0.25, 0.3) is 5.91 Å². The highest BCUT2D eigenvalue weighted by molar-refractivity contribution is 7.98. The maximum absolute atomic E-state index is 14.4. The van der Waals surface area contributed by atoms with Crippen molar-refractivity contribution < 1.29 is 36.3 Å². The quantitative estimate of drug-likeness (QED) is 0.203. The fourth-order valence-corrected chi connectivity index (χ4v) is 6.47. The number of fused-ring (bicyclic) bond motifs is 3. The van der Waals surface area contributed by atoms with Crippen molar-refractivity contribution in [3.63, 3.8) is 0 Å². The second kappa shape index (κ2) is 11.1. The van der Waals surface area contributed by atoms with E-state index in [1.807, 2.05) is 36.4 Å². The molecule has 1 amide bonds. The lowest BCUT2D eigenvalue weighted by Crippen LogP contribution is -2.60. The van der Waals surface area contributed by atoms with Gasteiger partial charge in [0.15, 0.2) is 5.69 Å². The predicted octanol–water partition coefficient (Wildman–Crippen LogP) is 6.04. The van der Waals surface area contributed by atoms with E-state index < -0.39 is 70.9 Å². The zero-order valence-electron chi connectivity index (χ0n) is 22.8. The zero-order chi connectivity index (χ0) is 31.3. The Hall–Kier alpha value is -4.65. The number of aromatic nitrogens is 1. The van der Waals surface area contributed by atoms with Crippen LogP contribution in [0.1, 0.15) is 50.5 Å². The first kappa shape index (κ1) is 29.4. The molecular weight excluding hydrogens is 605 g/mol. The number of amides is 1. The molecule has 3 heterocycles. The molecule has 44 heavy (non-hydrogen) atoms. The lowest BCUT2D eigenvalue weighted by atomic mass is 9.94. The first-order chi connectivity index (χ1) is 21.0. The molecule has 0 aliphatic carbocycles. The summed E-state index contributed by atoms with van der Waals surface area (Å²) >= 11 is 1.54. The van der Waals surface area contributed by atoms with Crippen LogP contribution in [0, 0.1) is 11.6 Å². The minimum absolute atomic E-state index is 0.527. The molecule has 2 aliphatic rings. The van der Waals surface area contributed by atoms with Crippen LogP contribution >= 0.6 is 11.8 Å². The Morgan fingerprint density at radius 1 is 0.932 bits per heavy atom. The van der Waals surface area contributed by atoms with E-state index in [9.17, 15) is 36.3 Å². The first-order valence-corrected chi connectivity index (χ1v) is 14.3. The molecule has 6 rings (SSSR count). The van der Waals surface area contributed by atoms with Gasteiger partial charge < -0.3 is 9.64 Å². The van der Waals surface area contributed by atoms with Gasteiger partial charge in [-0.2, -0.15) is 13.2 Å². The van der Waals surface area contributed by atoms with Crippen molar-refractivity contribution in [3.05, 3.63) is 129 Å². The Labute approximate surface area is 251 Å². The number of halogens is 5. The van der Waals surface area contributed by atoms with E-state index in [1.54, 1.807) is 23.9 Å². The van der Waals surface area contributed by atoms with Gasteiger partial charge in [0.05, 0.1) is 6.04 Å². The van der Waals surface area contributed by atoms with Crippen LogP contribution in [-0.4, -0.2) is 40.3 Å². The Morgan fingerprint density at radius 2 is 1.59 bits per heavy atom. The number of alkyl halides is 3. The van der Waals surface area contributed by atoms with Gasteiger partial charge in [0.1, 0.15) is 29.9 Å². The number of benzene rings is 3. The summed E-state index contributed by atoms with van der Waals surface area (Å²) in [5, 5.41) is 1.48. The number of rotatable bonds is 4. The van der Waals surface area contributed by atoms with E-state index in [2.05, 4.69) is 0 Å². The molecule has 0 bridgehead atoms. The van der Waals surface area contributed by atoms with E-state index >= 15 is 0 Å². The number of hydrogen-bond acceptors (Lipinski definition) is 6. The van der Waals surface area contributed by atoms with Crippen molar-refractivity contribution in [1.29, 1.82) is 0 Å². The van der Waals surface area contributed by atoms with Gasteiger partial charge in [-0.25, -0.2) is 13.6 Å². The third kappa shape index (κ3) is 5.00. The highest BCUT2D eigenvalue weighted by atomic mass is 32.2. The van der Waals surface area contributed by atoms with E-state index in [1.165, 1.54) is 15.9 Å². The minimum atomic E-state index is -4.86. The number of carbonyl (C=O) groups is 2. The molecule has 0 saturated carbocycles. The average molecular weight is 628 g/mol. The summed E-state index contributed by atoms with van der Waals surface area (Å²) < 4.78 is 77.6. The number of esters is 1. The molecule has 0 N–H and O–H groups in total. The molecule has 13 heteroatoms. The maximum Gasteiger partial charge on any atom is 0.408 e.